The van der Waals surface area contributed by atoms with Crippen molar-refractivity contribution in [2.75, 3.05) is 48.9 Å². The molecular weight excluding hydrogens is 564 g/mol. The molecule has 0 radical (unpaired) electrons. The number of carbonyl (C=O) groups excluding carboxylic acids is 1. The van der Waals surface area contributed by atoms with Crippen LogP contribution in [0.5, 0.6) is 5.75 Å². The molecule has 1 fully saturated rings. The van der Waals surface area contributed by atoms with Crippen molar-refractivity contribution >= 4 is 60.3 Å². The number of nitrogens with zero attached hydrogens (tertiary/aromatic N) is 6. The Morgan fingerprint density at radius 1 is 1.11 bits per heavy atom. The van der Waals surface area contributed by atoms with E-state index in [1.807, 2.05) is 42.6 Å². The summed E-state index contributed by atoms with van der Waals surface area (Å²) < 4.78 is 13.1. The molecule has 228 valence electrons. The van der Waals surface area contributed by atoms with Crippen LogP contribution in [0.25, 0.3) is 17.1 Å². The number of rotatable bonds is 12. The van der Waals surface area contributed by atoms with Gasteiger partial charge >= 0.3 is 0 Å². The van der Waals surface area contributed by atoms with Gasteiger partial charge in [0.1, 0.15) is 37.1 Å². The number of hydrogen-bond donors (Lipinski definition) is 2. The van der Waals surface area contributed by atoms with E-state index in [0.717, 1.165) is 29.1 Å². The van der Waals surface area contributed by atoms with Gasteiger partial charge in [-0.2, -0.15) is 10.1 Å². The molecule has 1 saturated heterocycles. The van der Waals surface area contributed by atoms with E-state index in [4.69, 9.17) is 19.6 Å². The molecule has 2 N–H and O–H groups in total. The van der Waals surface area contributed by atoms with Crippen LogP contribution in [0.15, 0.2) is 73.6 Å². The third-order valence-corrected chi connectivity index (χ3v) is 7.75. The van der Waals surface area contributed by atoms with Gasteiger partial charge in [-0.25, -0.2) is 9.67 Å². The highest BCUT2D eigenvalue weighted by atomic mass is 16.5. The van der Waals surface area contributed by atoms with Gasteiger partial charge in [-0.05, 0) is 23.8 Å². The summed E-state index contributed by atoms with van der Waals surface area (Å²) in [7, 11) is 10.5. The second-order valence-corrected chi connectivity index (χ2v) is 11.4. The minimum atomic E-state index is -0.309. The van der Waals surface area contributed by atoms with E-state index >= 15 is 0 Å². The Balaban J connectivity index is 1.50. The number of morpholine rings is 1. The molecule has 2 aromatic heterocycles. The Kier molecular flexibility index (Phi) is 10.3. The Hall–Kier alpha value is -4.48. The fraction of sp³-hybridized carbons (Fsp3) is 0.267. The summed E-state index contributed by atoms with van der Waals surface area (Å²) in [5.41, 5.74) is 5.12. The highest BCUT2D eigenvalue weighted by Gasteiger charge is 2.22. The molecule has 1 amide bonds. The minimum absolute atomic E-state index is 0.309. The van der Waals surface area contributed by atoms with Crippen LogP contribution in [0.3, 0.4) is 0 Å². The van der Waals surface area contributed by atoms with Crippen LogP contribution >= 0.6 is 0 Å². The summed E-state index contributed by atoms with van der Waals surface area (Å²) >= 11 is 0. The van der Waals surface area contributed by atoms with Crippen molar-refractivity contribution in [2.45, 2.75) is 18.2 Å². The van der Waals surface area contributed by atoms with Crippen molar-refractivity contribution in [3.63, 3.8) is 0 Å². The van der Waals surface area contributed by atoms with Gasteiger partial charge in [-0.1, -0.05) is 36.9 Å². The smallest absolute Gasteiger partial charge is 0.247 e. The van der Waals surface area contributed by atoms with E-state index < -0.39 is 0 Å². The van der Waals surface area contributed by atoms with Gasteiger partial charge in [-0.3, -0.25) is 4.79 Å². The highest BCUT2D eigenvalue weighted by Crippen LogP contribution is 2.38. The second-order valence-electron chi connectivity index (χ2n) is 11.4. The number of aromatic nitrogens is 4. The summed E-state index contributed by atoms with van der Waals surface area (Å²) in [4.78, 5) is 26.2. The van der Waals surface area contributed by atoms with Crippen molar-refractivity contribution in [1.29, 1.82) is 0 Å². The molecular formula is C30H38B4N8O3. The fourth-order valence-corrected chi connectivity index (χ4v) is 5.48. The zero-order chi connectivity index (χ0) is 31.9. The zero-order valence-corrected chi connectivity index (χ0v) is 26.7. The van der Waals surface area contributed by atoms with E-state index in [-0.39, 0.29) is 5.91 Å². The van der Waals surface area contributed by atoms with Crippen molar-refractivity contribution < 1.29 is 14.3 Å². The van der Waals surface area contributed by atoms with Gasteiger partial charge < -0.3 is 29.9 Å². The average Bonchev–Trinajstić information content (AvgIpc) is 3.48. The molecule has 2 aromatic carbocycles. The maximum atomic E-state index is 12.4. The van der Waals surface area contributed by atoms with Crippen LogP contribution < -0.4 is 20.3 Å². The molecule has 0 atom stereocenters. The summed E-state index contributed by atoms with van der Waals surface area (Å²) in [6.07, 6.45) is 4.99. The van der Waals surface area contributed by atoms with Crippen molar-refractivity contribution in [1.82, 2.24) is 24.6 Å². The number of nitrogens with one attached hydrogen (secondary N) is 2. The fourth-order valence-electron chi connectivity index (χ4n) is 5.48. The second kappa shape index (κ2) is 14.5. The molecule has 3 heterocycles. The number of methoxy groups -OCH3 is 1. The average molecular weight is 602 g/mol. The normalized spacial score (nSPS) is 13.3. The molecule has 1 aliphatic rings. The third kappa shape index (κ3) is 7.61. The van der Waals surface area contributed by atoms with Crippen molar-refractivity contribution in [2.24, 2.45) is 0 Å². The molecule has 11 nitrogen and oxygen atoms in total. The first kappa shape index (κ1) is 31.9. The predicted octanol–water partition coefficient (Wildman–Crippen LogP) is -0.0558. The summed E-state index contributed by atoms with van der Waals surface area (Å²) in [6, 6.07) is 15.8. The molecule has 0 bridgehead atoms. The van der Waals surface area contributed by atoms with Crippen LogP contribution in [0.2, 0.25) is 0 Å². The van der Waals surface area contributed by atoms with Crippen LogP contribution in [0.1, 0.15) is 5.56 Å². The number of ether oxygens (including phenoxy) is 2. The van der Waals surface area contributed by atoms with Gasteiger partial charge in [-0.15, -0.1) is 0 Å². The maximum Gasteiger partial charge on any atom is 0.247 e. The van der Waals surface area contributed by atoms with Gasteiger partial charge in [0.2, 0.25) is 11.9 Å². The van der Waals surface area contributed by atoms with E-state index in [1.165, 1.54) is 6.08 Å². The summed E-state index contributed by atoms with van der Waals surface area (Å²) in [5, 5.41) is 11.2. The first-order chi connectivity index (χ1) is 21.8. The van der Waals surface area contributed by atoms with E-state index in [9.17, 15) is 4.79 Å². The number of benzene rings is 2. The zero-order valence-electron chi connectivity index (χ0n) is 26.7. The standard InChI is InChI=1S/C30H38B4N8O3/c1-3-26(43)36-21-15-22(24(44-2)16-23(21)40-11-13-45-14-12-40)37-30-35-10-9-25(38-30)42-18-20(17-41(28(31)32)29(33)34)27(39-42)19-7-5-4-6-8-19/h3-10,15-16,18,28-29H,1,11-14,17,31-34H2,2H3,(H,36,43)(H,35,37,38). The van der Waals surface area contributed by atoms with Crippen molar-refractivity contribution in [3.8, 4) is 22.8 Å². The lowest BCUT2D eigenvalue weighted by Crippen LogP contribution is -2.44. The number of amides is 1. The highest BCUT2D eigenvalue weighted by molar-refractivity contribution is 6.39. The van der Waals surface area contributed by atoms with Crippen LogP contribution in [-0.4, -0.2) is 107 Å². The number of hydrogen-bond acceptors (Lipinski definition) is 9. The van der Waals surface area contributed by atoms with E-state index in [1.54, 1.807) is 18.0 Å². The first-order valence-corrected chi connectivity index (χ1v) is 15.3. The predicted molar refractivity (Wildman–Crippen MR) is 190 cm³/mol. The van der Waals surface area contributed by atoms with Crippen LogP contribution in [0.4, 0.5) is 23.0 Å². The Bertz CT molecular complexity index is 1620. The summed E-state index contributed by atoms with van der Waals surface area (Å²) in [5.74, 6) is 1.99. The Morgan fingerprint density at radius 2 is 1.84 bits per heavy atom. The van der Waals surface area contributed by atoms with Gasteiger partial charge in [0.05, 0.1) is 43.1 Å². The molecule has 1 aliphatic heterocycles. The third-order valence-electron chi connectivity index (χ3n) is 7.75. The molecule has 15 heteroatoms. The molecule has 45 heavy (non-hydrogen) atoms. The molecule has 4 aromatic rings. The SMILES string of the molecule is BC(B)N(Cc1cn(-c2ccnc(Nc3cc(NC(=O)C=C)c(N4CCOCC4)cc3OC)n2)nc1-c1ccccc1)C(B)B. The van der Waals surface area contributed by atoms with Crippen molar-refractivity contribution in [3.05, 3.63) is 79.1 Å². The van der Waals surface area contributed by atoms with Crippen LogP contribution in [0, 0.1) is 0 Å². The van der Waals surface area contributed by atoms with Gasteiger partial charge in [0.15, 0.2) is 5.82 Å². The lowest BCUT2D eigenvalue weighted by Gasteiger charge is -2.31. The largest absolute Gasteiger partial charge is 0.494 e. The Labute approximate surface area is 268 Å². The Morgan fingerprint density at radius 3 is 2.51 bits per heavy atom. The molecule has 0 unspecified atom stereocenters. The lowest BCUT2D eigenvalue weighted by atomic mass is 9.69. The minimum Gasteiger partial charge on any atom is -0.494 e. The molecule has 0 saturated carbocycles. The number of anilines is 4. The van der Waals surface area contributed by atoms with E-state index in [2.05, 4.69) is 75.5 Å². The monoisotopic (exact) mass is 602 g/mol. The molecule has 0 aliphatic carbocycles. The van der Waals surface area contributed by atoms with Crippen LogP contribution in [-0.2, 0) is 16.1 Å². The maximum absolute atomic E-state index is 12.4. The van der Waals surface area contributed by atoms with Gasteiger partial charge in [0.25, 0.3) is 0 Å². The topological polar surface area (TPSA) is 110 Å². The van der Waals surface area contributed by atoms with E-state index in [0.29, 0.717) is 66.9 Å². The molecule has 5 rings (SSSR count). The first-order valence-electron chi connectivity index (χ1n) is 15.3. The molecule has 0 spiro atoms. The summed E-state index contributed by atoms with van der Waals surface area (Å²) in [6.45, 7) is 6.95. The van der Waals surface area contributed by atoms with Gasteiger partial charge in [0, 0.05) is 55.3 Å². The lowest BCUT2D eigenvalue weighted by molar-refractivity contribution is -0.111. The number of carbonyl (C=O) groups is 1. The quantitative estimate of drug-likeness (QED) is 0.171.